The highest BCUT2D eigenvalue weighted by molar-refractivity contribution is 8.18. The highest BCUT2D eigenvalue weighted by Gasteiger charge is 2.36. The molecule has 0 bridgehead atoms. The number of anilines is 1. The van der Waals surface area contributed by atoms with Gasteiger partial charge in [0, 0.05) is 5.69 Å². The highest BCUT2D eigenvalue weighted by Crippen LogP contribution is 2.34. The second-order valence-corrected chi connectivity index (χ2v) is 7.91. The topological polar surface area (TPSA) is 111 Å². The summed E-state index contributed by atoms with van der Waals surface area (Å²) in [5.41, 5.74) is 1.16. The lowest BCUT2D eigenvalue weighted by molar-refractivity contribution is -0.145. The molecule has 1 fully saturated rings. The number of carbonyl (C=O) groups is 4. The molecule has 2 aromatic rings. The van der Waals surface area contributed by atoms with E-state index >= 15 is 0 Å². The van der Waals surface area contributed by atoms with Crippen LogP contribution in [0.1, 0.15) is 19.4 Å². The first kappa shape index (κ1) is 24.8. The Morgan fingerprint density at radius 2 is 1.76 bits per heavy atom. The van der Waals surface area contributed by atoms with Crippen LogP contribution in [0.15, 0.2) is 53.4 Å². The van der Waals surface area contributed by atoms with Crippen LogP contribution >= 0.6 is 11.8 Å². The van der Waals surface area contributed by atoms with Crippen molar-refractivity contribution in [1.29, 1.82) is 0 Å². The van der Waals surface area contributed by atoms with Gasteiger partial charge in [-0.05, 0) is 61.5 Å². The van der Waals surface area contributed by atoms with E-state index in [1.807, 2.05) is 6.07 Å². The van der Waals surface area contributed by atoms with Gasteiger partial charge in [-0.1, -0.05) is 24.3 Å². The Balaban J connectivity index is 1.70. The van der Waals surface area contributed by atoms with Crippen molar-refractivity contribution in [3.8, 4) is 11.5 Å². The van der Waals surface area contributed by atoms with Crippen molar-refractivity contribution >= 4 is 46.5 Å². The molecule has 0 aliphatic carbocycles. The van der Waals surface area contributed by atoms with Gasteiger partial charge in [0.2, 0.25) is 5.91 Å². The predicted molar refractivity (Wildman–Crippen MR) is 127 cm³/mol. The number of para-hydroxylation sites is 1. The van der Waals surface area contributed by atoms with Crippen molar-refractivity contribution in [2.75, 3.05) is 31.7 Å². The van der Waals surface area contributed by atoms with E-state index in [2.05, 4.69) is 5.32 Å². The second kappa shape index (κ2) is 11.9. The largest absolute Gasteiger partial charge is 0.490 e. The van der Waals surface area contributed by atoms with E-state index in [4.69, 9.17) is 14.2 Å². The molecule has 1 heterocycles. The van der Waals surface area contributed by atoms with E-state index < -0.39 is 23.0 Å². The number of nitrogens with one attached hydrogen (secondary N) is 1. The molecule has 1 N–H and O–H groups in total. The summed E-state index contributed by atoms with van der Waals surface area (Å²) in [6, 6.07) is 13.7. The maximum absolute atomic E-state index is 12.8. The first-order valence-electron chi connectivity index (χ1n) is 10.6. The van der Waals surface area contributed by atoms with Crippen LogP contribution in [-0.4, -0.2) is 54.3 Å². The summed E-state index contributed by atoms with van der Waals surface area (Å²) in [6.45, 7) is 3.46. The van der Waals surface area contributed by atoms with E-state index in [-0.39, 0.29) is 24.7 Å². The third-order valence-corrected chi connectivity index (χ3v) is 5.36. The molecule has 10 heteroatoms. The van der Waals surface area contributed by atoms with Crippen LogP contribution in [0.4, 0.5) is 10.5 Å². The molecule has 0 spiro atoms. The molecule has 2 aromatic carbocycles. The van der Waals surface area contributed by atoms with Gasteiger partial charge in [-0.2, -0.15) is 0 Å². The summed E-state index contributed by atoms with van der Waals surface area (Å²) in [4.78, 5) is 50.0. The van der Waals surface area contributed by atoms with Gasteiger partial charge in [0.1, 0.15) is 6.54 Å². The summed E-state index contributed by atoms with van der Waals surface area (Å²) < 4.78 is 15.9. The summed E-state index contributed by atoms with van der Waals surface area (Å²) in [7, 11) is 0. The van der Waals surface area contributed by atoms with Gasteiger partial charge in [-0.15, -0.1) is 0 Å². The van der Waals surface area contributed by atoms with Gasteiger partial charge < -0.3 is 19.5 Å². The maximum Gasteiger partial charge on any atom is 0.344 e. The molecule has 9 nitrogen and oxygen atoms in total. The Morgan fingerprint density at radius 3 is 2.47 bits per heavy atom. The molecule has 3 amide bonds. The molecule has 34 heavy (non-hydrogen) atoms. The molecule has 1 aliphatic heterocycles. The van der Waals surface area contributed by atoms with Gasteiger partial charge in [-0.3, -0.25) is 19.3 Å². The number of esters is 1. The Bertz CT molecular complexity index is 1100. The summed E-state index contributed by atoms with van der Waals surface area (Å²) in [5.74, 6) is -0.811. The zero-order chi connectivity index (χ0) is 24.5. The van der Waals surface area contributed by atoms with Crippen LogP contribution in [0.25, 0.3) is 6.08 Å². The number of carbonyl (C=O) groups excluding carboxylic acids is 4. The standard InChI is InChI=1S/C24H24N2O7S/c1-3-31-19-12-16(10-11-18(19)33-15-22(28)32-4-2)13-20-23(29)26(24(30)34-20)14-21(27)25-17-8-6-5-7-9-17/h5-13H,3-4,14-15H2,1-2H3,(H,25,27)/b20-13-. The van der Waals surface area contributed by atoms with E-state index in [1.165, 1.54) is 6.08 Å². The third-order valence-electron chi connectivity index (χ3n) is 4.45. The van der Waals surface area contributed by atoms with E-state index in [1.54, 1.807) is 56.3 Å². The molecular weight excluding hydrogens is 460 g/mol. The molecule has 0 unspecified atom stereocenters. The summed E-state index contributed by atoms with van der Waals surface area (Å²) in [6.07, 6.45) is 1.54. The summed E-state index contributed by atoms with van der Waals surface area (Å²) in [5, 5.41) is 2.12. The van der Waals surface area contributed by atoms with Crippen molar-refractivity contribution < 1.29 is 33.4 Å². The number of hydrogen-bond donors (Lipinski definition) is 1. The maximum atomic E-state index is 12.8. The van der Waals surface area contributed by atoms with E-state index in [9.17, 15) is 19.2 Å². The van der Waals surface area contributed by atoms with Crippen LogP contribution in [0.3, 0.4) is 0 Å². The van der Waals surface area contributed by atoms with Crippen LogP contribution < -0.4 is 14.8 Å². The lowest BCUT2D eigenvalue weighted by Crippen LogP contribution is -2.36. The normalized spacial score (nSPS) is 14.3. The molecule has 0 atom stereocenters. The highest BCUT2D eigenvalue weighted by atomic mass is 32.2. The van der Waals surface area contributed by atoms with Gasteiger partial charge in [0.15, 0.2) is 18.1 Å². The van der Waals surface area contributed by atoms with Gasteiger partial charge in [0.05, 0.1) is 18.1 Å². The van der Waals surface area contributed by atoms with Crippen molar-refractivity contribution in [2.45, 2.75) is 13.8 Å². The molecule has 0 aromatic heterocycles. The van der Waals surface area contributed by atoms with Crippen LogP contribution in [-0.2, 0) is 19.1 Å². The zero-order valence-corrected chi connectivity index (χ0v) is 19.6. The average Bonchev–Trinajstić information content (AvgIpc) is 3.07. The molecule has 3 rings (SSSR count). The number of thioether (sulfide) groups is 1. The van der Waals surface area contributed by atoms with E-state index in [0.29, 0.717) is 29.4 Å². The van der Waals surface area contributed by atoms with Crippen LogP contribution in [0, 0.1) is 0 Å². The SMILES string of the molecule is CCOC(=O)COc1ccc(/C=C2\SC(=O)N(CC(=O)Nc3ccccc3)C2=O)cc1OCC. The quantitative estimate of drug-likeness (QED) is 0.401. The van der Waals surface area contributed by atoms with Crippen LogP contribution in [0.2, 0.25) is 0 Å². The van der Waals surface area contributed by atoms with Crippen molar-refractivity contribution in [3.63, 3.8) is 0 Å². The number of ether oxygens (including phenoxy) is 3. The Morgan fingerprint density at radius 1 is 1.00 bits per heavy atom. The molecule has 1 saturated heterocycles. The lowest BCUT2D eigenvalue weighted by Gasteiger charge is -2.13. The van der Waals surface area contributed by atoms with Gasteiger partial charge in [0.25, 0.3) is 11.1 Å². The minimum atomic E-state index is -0.557. The van der Waals surface area contributed by atoms with Gasteiger partial charge in [-0.25, -0.2) is 4.79 Å². The average molecular weight is 485 g/mol. The molecular formula is C24H24N2O7S. The first-order chi connectivity index (χ1) is 16.4. The molecule has 178 valence electrons. The number of benzene rings is 2. The van der Waals surface area contributed by atoms with Crippen molar-refractivity contribution in [1.82, 2.24) is 4.90 Å². The fourth-order valence-corrected chi connectivity index (χ4v) is 3.83. The number of amides is 3. The van der Waals surface area contributed by atoms with Crippen molar-refractivity contribution in [3.05, 3.63) is 59.0 Å². The minimum absolute atomic E-state index is 0.181. The zero-order valence-electron chi connectivity index (χ0n) is 18.7. The number of nitrogens with zero attached hydrogens (tertiary/aromatic N) is 1. The Kier molecular flexibility index (Phi) is 8.69. The molecule has 0 saturated carbocycles. The Hall–Kier alpha value is -3.79. The fourth-order valence-electron chi connectivity index (χ4n) is 2.99. The van der Waals surface area contributed by atoms with E-state index in [0.717, 1.165) is 16.7 Å². The number of hydrogen-bond acceptors (Lipinski definition) is 8. The fraction of sp³-hybridized carbons (Fsp3) is 0.250. The lowest BCUT2D eigenvalue weighted by atomic mass is 10.2. The third kappa shape index (κ3) is 6.61. The number of imide groups is 1. The number of rotatable bonds is 10. The van der Waals surface area contributed by atoms with Crippen LogP contribution in [0.5, 0.6) is 11.5 Å². The molecule has 0 radical (unpaired) electrons. The Labute approximate surface area is 201 Å². The van der Waals surface area contributed by atoms with Gasteiger partial charge >= 0.3 is 5.97 Å². The summed E-state index contributed by atoms with van der Waals surface area (Å²) >= 11 is 0.753. The van der Waals surface area contributed by atoms with Crippen molar-refractivity contribution in [2.24, 2.45) is 0 Å². The smallest absolute Gasteiger partial charge is 0.344 e. The monoisotopic (exact) mass is 484 g/mol. The minimum Gasteiger partial charge on any atom is -0.490 e. The predicted octanol–water partition coefficient (Wildman–Crippen LogP) is 3.70. The second-order valence-electron chi connectivity index (χ2n) is 6.91. The first-order valence-corrected chi connectivity index (χ1v) is 11.4. The molecule has 1 aliphatic rings.